The van der Waals surface area contributed by atoms with Gasteiger partial charge in [-0.25, -0.2) is 4.79 Å². The minimum absolute atomic E-state index is 0.0557. The molecule has 4 bridgehead atoms. The molecule has 0 saturated heterocycles. The monoisotopic (exact) mass is 386 g/mol. The molecule has 4 fully saturated rings. The summed E-state index contributed by atoms with van der Waals surface area (Å²) in [6.07, 6.45) is 6.81. The Hall–Kier alpha value is -1.62. The van der Waals surface area contributed by atoms with Crippen LogP contribution in [0.5, 0.6) is 0 Å². The smallest absolute Gasteiger partial charge is 0.339 e. The summed E-state index contributed by atoms with van der Waals surface area (Å²) in [5.74, 6) is 2.10. The van der Waals surface area contributed by atoms with Crippen LogP contribution in [0.3, 0.4) is 0 Å². The number of hydrogen-bond acceptors (Lipinski definition) is 5. The topological polar surface area (TPSA) is 60.4 Å². The summed E-state index contributed by atoms with van der Waals surface area (Å²) in [6, 6.07) is 7.11. The summed E-state index contributed by atoms with van der Waals surface area (Å²) < 4.78 is 5.44. The molecule has 0 heterocycles. The van der Waals surface area contributed by atoms with Crippen LogP contribution in [0.15, 0.2) is 29.2 Å². The van der Waals surface area contributed by atoms with Gasteiger partial charge in [-0.15, -0.1) is 11.8 Å². The predicted molar refractivity (Wildman–Crippen MR) is 104 cm³/mol. The van der Waals surface area contributed by atoms with Crippen LogP contribution >= 0.6 is 11.8 Å². The first-order valence-corrected chi connectivity index (χ1v) is 10.9. The lowest BCUT2D eigenvalue weighted by molar-refractivity contribution is -0.147. The molecule has 5 rings (SSSR count). The average Bonchev–Trinajstić information content (AvgIpc) is 2.63. The van der Waals surface area contributed by atoms with E-state index in [2.05, 4.69) is 0 Å². The highest BCUT2D eigenvalue weighted by Crippen LogP contribution is 2.60. The van der Waals surface area contributed by atoms with E-state index < -0.39 is 5.97 Å². The van der Waals surface area contributed by atoms with E-state index in [4.69, 9.17) is 4.74 Å². The molecule has 1 aromatic rings. The summed E-state index contributed by atoms with van der Waals surface area (Å²) in [4.78, 5) is 37.5. The van der Waals surface area contributed by atoms with Crippen LogP contribution in [0.25, 0.3) is 0 Å². The number of hydrogen-bond donors (Lipinski definition) is 0. The molecule has 0 unspecified atom stereocenters. The molecule has 4 saturated carbocycles. The Morgan fingerprint density at radius 3 is 2.22 bits per heavy atom. The Morgan fingerprint density at radius 1 is 1.04 bits per heavy atom. The maximum atomic E-state index is 13.0. The molecule has 0 N–H and O–H groups in total. The van der Waals surface area contributed by atoms with Crippen LogP contribution in [0, 0.1) is 23.2 Å². The van der Waals surface area contributed by atoms with E-state index >= 15 is 0 Å². The predicted octanol–water partition coefficient (Wildman–Crippen LogP) is 4.31. The first-order valence-electron chi connectivity index (χ1n) is 9.87. The van der Waals surface area contributed by atoms with Gasteiger partial charge in [0.1, 0.15) is 5.78 Å². The highest BCUT2D eigenvalue weighted by molar-refractivity contribution is 8.00. The SMILES string of the molecule is CC(=O)CSc1ccccc1C(=O)OCC(=O)C12CC3CC(CC(C3)C1)C2. The molecular formula is C22H26O4S. The largest absolute Gasteiger partial charge is 0.454 e. The van der Waals surface area contributed by atoms with E-state index in [0.717, 1.165) is 24.2 Å². The minimum atomic E-state index is -0.472. The second-order valence-electron chi connectivity index (χ2n) is 8.68. The molecule has 4 aliphatic carbocycles. The Morgan fingerprint density at radius 2 is 1.63 bits per heavy atom. The van der Waals surface area contributed by atoms with E-state index in [1.165, 1.54) is 37.9 Å². The maximum Gasteiger partial charge on any atom is 0.339 e. The molecule has 0 spiro atoms. The third-order valence-corrected chi connectivity index (χ3v) is 7.72. The second-order valence-corrected chi connectivity index (χ2v) is 9.70. The molecule has 27 heavy (non-hydrogen) atoms. The minimum Gasteiger partial charge on any atom is -0.454 e. The van der Waals surface area contributed by atoms with Gasteiger partial charge in [0.25, 0.3) is 0 Å². The van der Waals surface area contributed by atoms with Crippen LogP contribution < -0.4 is 0 Å². The third-order valence-electron chi connectivity index (χ3n) is 6.50. The van der Waals surface area contributed by atoms with Crippen LogP contribution in [-0.4, -0.2) is 29.9 Å². The number of carbonyl (C=O) groups excluding carboxylic acids is 3. The van der Waals surface area contributed by atoms with Gasteiger partial charge in [-0.3, -0.25) is 9.59 Å². The lowest BCUT2D eigenvalue weighted by Crippen LogP contribution is -2.51. The molecule has 0 amide bonds. The Bertz CT molecular complexity index is 734. The van der Waals surface area contributed by atoms with Crippen molar-refractivity contribution in [2.24, 2.45) is 23.2 Å². The number of esters is 1. The van der Waals surface area contributed by atoms with Gasteiger partial charge in [0.2, 0.25) is 0 Å². The number of carbonyl (C=O) groups is 3. The zero-order chi connectivity index (χ0) is 19.0. The van der Waals surface area contributed by atoms with Gasteiger partial charge in [-0.1, -0.05) is 12.1 Å². The molecule has 4 nitrogen and oxygen atoms in total. The molecule has 0 atom stereocenters. The summed E-state index contributed by atoms with van der Waals surface area (Å²) in [5.41, 5.74) is 0.194. The Balaban J connectivity index is 1.40. The average molecular weight is 387 g/mol. The maximum absolute atomic E-state index is 13.0. The number of Topliss-reactive ketones (excluding diaryl/α,β-unsaturated/α-hetero) is 2. The number of ether oxygens (including phenoxy) is 1. The van der Waals surface area contributed by atoms with Crippen molar-refractivity contribution in [1.29, 1.82) is 0 Å². The van der Waals surface area contributed by atoms with Gasteiger partial charge in [0.05, 0.1) is 11.3 Å². The number of rotatable bonds is 7. The van der Waals surface area contributed by atoms with Crippen LogP contribution in [0.4, 0.5) is 0 Å². The summed E-state index contributed by atoms with van der Waals surface area (Å²) >= 11 is 1.33. The van der Waals surface area contributed by atoms with Gasteiger partial charge in [0, 0.05) is 10.3 Å². The molecule has 4 aliphatic rings. The van der Waals surface area contributed by atoms with Gasteiger partial charge < -0.3 is 4.74 Å². The van der Waals surface area contributed by atoms with E-state index in [1.807, 2.05) is 12.1 Å². The van der Waals surface area contributed by atoms with E-state index in [0.29, 0.717) is 29.1 Å². The van der Waals surface area contributed by atoms with Crippen LogP contribution in [0.2, 0.25) is 0 Å². The van der Waals surface area contributed by atoms with Crippen molar-refractivity contribution in [3.63, 3.8) is 0 Å². The first-order chi connectivity index (χ1) is 12.9. The fraction of sp³-hybridized carbons (Fsp3) is 0.591. The Kier molecular flexibility index (Phi) is 5.15. The van der Waals surface area contributed by atoms with Crippen molar-refractivity contribution < 1.29 is 19.1 Å². The van der Waals surface area contributed by atoms with E-state index in [1.54, 1.807) is 12.1 Å². The number of thioether (sulfide) groups is 1. The molecule has 1 aromatic carbocycles. The zero-order valence-electron chi connectivity index (χ0n) is 15.7. The first kappa shape index (κ1) is 18.7. The summed E-state index contributed by atoms with van der Waals surface area (Å²) in [5, 5.41) is 0. The van der Waals surface area contributed by atoms with Crippen molar-refractivity contribution >= 4 is 29.3 Å². The molecule has 144 valence electrons. The Labute approximate surface area is 164 Å². The quantitative estimate of drug-likeness (QED) is 0.516. The van der Waals surface area contributed by atoms with Gasteiger partial charge in [0.15, 0.2) is 12.4 Å². The highest BCUT2D eigenvalue weighted by atomic mass is 32.2. The second kappa shape index (κ2) is 7.42. The van der Waals surface area contributed by atoms with Crippen molar-refractivity contribution in [3.8, 4) is 0 Å². The van der Waals surface area contributed by atoms with Crippen molar-refractivity contribution in [2.45, 2.75) is 50.3 Å². The number of ketones is 2. The lowest BCUT2D eigenvalue weighted by Gasteiger charge is -2.55. The van der Waals surface area contributed by atoms with Crippen LogP contribution in [0.1, 0.15) is 55.8 Å². The van der Waals surface area contributed by atoms with Gasteiger partial charge in [-0.2, -0.15) is 0 Å². The van der Waals surface area contributed by atoms with Gasteiger partial charge in [-0.05, 0) is 75.3 Å². The standard InChI is InChI=1S/C22H26O4S/c1-14(23)13-27-19-5-3-2-4-18(19)21(25)26-12-20(24)22-9-15-6-16(10-22)8-17(7-15)11-22/h2-5,15-17H,6-13H2,1H3. The fourth-order valence-corrected chi connectivity index (χ4v) is 6.60. The summed E-state index contributed by atoms with van der Waals surface area (Å²) in [6.45, 7) is 1.40. The van der Waals surface area contributed by atoms with E-state index in [-0.39, 0.29) is 23.6 Å². The normalized spacial score (nSPS) is 30.9. The van der Waals surface area contributed by atoms with Crippen LogP contribution in [-0.2, 0) is 14.3 Å². The third kappa shape index (κ3) is 3.84. The molecule has 0 radical (unpaired) electrons. The molecular weight excluding hydrogens is 360 g/mol. The molecule has 5 heteroatoms. The molecule has 0 aliphatic heterocycles. The number of benzene rings is 1. The lowest BCUT2D eigenvalue weighted by atomic mass is 9.48. The van der Waals surface area contributed by atoms with E-state index in [9.17, 15) is 14.4 Å². The summed E-state index contributed by atoms with van der Waals surface area (Å²) in [7, 11) is 0. The zero-order valence-corrected chi connectivity index (χ0v) is 16.6. The van der Waals surface area contributed by atoms with Gasteiger partial charge >= 0.3 is 5.97 Å². The van der Waals surface area contributed by atoms with Crippen molar-refractivity contribution in [1.82, 2.24) is 0 Å². The highest BCUT2D eigenvalue weighted by Gasteiger charge is 2.54. The fourth-order valence-electron chi connectivity index (χ4n) is 5.75. The van der Waals surface area contributed by atoms with Crippen molar-refractivity contribution in [2.75, 3.05) is 12.4 Å². The van der Waals surface area contributed by atoms with Crippen molar-refractivity contribution in [3.05, 3.63) is 29.8 Å². The molecule has 0 aromatic heterocycles.